The Bertz CT molecular complexity index is 421. The monoisotopic (exact) mass is 220 g/mol. The second-order valence-electron chi connectivity index (χ2n) is 3.87. The zero-order chi connectivity index (χ0) is 11.4. The molecule has 0 bridgehead atoms. The molecule has 16 heavy (non-hydrogen) atoms. The van der Waals surface area contributed by atoms with Crippen LogP contribution in [0.3, 0.4) is 0 Å². The smallest absolute Gasteiger partial charge is 0.235 e. The number of halogens is 1. The lowest BCUT2D eigenvalue weighted by Crippen LogP contribution is -2.19. The highest BCUT2D eigenvalue weighted by atomic mass is 19.1. The van der Waals surface area contributed by atoms with Gasteiger partial charge in [0.25, 0.3) is 0 Å². The molecule has 1 fully saturated rings. The fourth-order valence-electron chi connectivity index (χ4n) is 2.06. The molecule has 1 aromatic carbocycles. The summed E-state index contributed by atoms with van der Waals surface area (Å²) >= 11 is 0. The Morgan fingerprint density at radius 3 is 2.81 bits per heavy atom. The Balaban J connectivity index is 2.30. The zero-order valence-corrected chi connectivity index (χ0v) is 8.95. The third kappa shape index (κ3) is 2.28. The van der Waals surface area contributed by atoms with Crippen molar-refractivity contribution in [1.82, 2.24) is 0 Å². The minimum atomic E-state index is -0.293. The number of benzene rings is 1. The molecular weight excluding hydrogens is 207 g/mol. The number of isocyanates is 1. The molecule has 0 aliphatic carbocycles. The minimum absolute atomic E-state index is 0.201. The summed E-state index contributed by atoms with van der Waals surface area (Å²) in [6.07, 6.45) is 3.81. The predicted octanol–water partition coefficient (Wildman–Crippen LogP) is 2.26. The lowest BCUT2D eigenvalue weighted by atomic mass is 10.1. The van der Waals surface area contributed by atoms with Gasteiger partial charge in [-0.3, -0.25) is 0 Å². The number of rotatable bonds is 3. The molecule has 0 N–H and O–H groups in total. The topological polar surface area (TPSA) is 32.7 Å². The second-order valence-corrected chi connectivity index (χ2v) is 3.87. The van der Waals surface area contributed by atoms with Crippen LogP contribution in [0.5, 0.6) is 0 Å². The molecule has 3 nitrogen and oxygen atoms in total. The van der Waals surface area contributed by atoms with Gasteiger partial charge in [-0.05, 0) is 31.0 Å². The SMILES string of the molecule is O=C=NCc1cc(F)ccc1N1CCCC1. The first-order valence-corrected chi connectivity index (χ1v) is 5.38. The number of hydrogen-bond acceptors (Lipinski definition) is 3. The molecule has 0 atom stereocenters. The van der Waals surface area contributed by atoms with Crippen molar-refractivity contribution in [3.8, 4) is 0 Å². The van der Waals surface area contributed by atoms with Gasteiger partial charge in [-0.2, -0.15) is 0 Å². The second kappa shape index (κ2) is 4.90. The van der Waals surface area contributed by atoms with Crippen LogP contribution in [0.15, 0.2) is 23.2 Å². The van der Waals surface area contributed by atoms with Crippen LogP contribution < -0.4 is 4.90 Å². The van der Waals surface area contributed by atoms with Gasteiger partial charge in [0.15, 0.2) is 0 Å². The molecule has 1 heterocycles. The Morgan fingerprint density at radius 2 is 2.12 bits per heavy atom. The van der Waals surface area contributed by atoms with Gasteiger partial charge in [0, 0.05) is 24.3 Å². The molecular formula is C12H13FN2O. The molecule has 1 aromatic rings. The standard InChI is InChI=1S/C12H13FN2O/c13-11-3-4-12(15-5-1-2-6-15)10(7-11)8-14-9-16/h3-4,7H,1-2,5-6,8H2. The lowest BCUT2D eigenvalue weighted by Gasteiger charge is -2.20. The summed E-state index contributed by atoms with van der Waals surface area (Å²) in [5.74, 6) is -0.293. The molecule has 1 aliphatic rings. The van der Waals surface area contributed by atoms with Gasteiger partial charge in [0.1, 0.15) is 5.82 Å². The van der Waals surface area contributed by atoms with E-state index in [4.69, 9.17) is 0 Å². The highest BCUT2D eigenvalue weighted by Gasteiger charge is 2.15. The van der Waals surface area contributed by atoms with E-state index in [-0.39, 0.29) is 12.4 Å². The molecule has 0 aromatic heterocycles. The van der Waals surface area contributed by atoms with E-state index in [0.29, 0.717) is 0 Å². The summed E-state index contributed by atoms with van der Waals surface area (Å²) in [6.45, 7) is 2.18. The van der Waals surface area contributed by atoms with Gasteiger partial charge in [-0.15, -0.1) is 0 Å². The van der Waals surface area contributed by atoms with Gasteiger partial charge in [0.05, 0.1) is 6.54 Å². The average Bonchev–Trinajstić information content (AvgIpc) is 2.80. The number of carbonyl (C=O) groups excluding carboxylic acids is 1. The van der Waals surface area contributed by atoms with Gasteiger partial charge in [-0.1, -0.05) is 0 Å². The van der Waals surface area contributed by atoms with Crippen LogP contribution in [0.4, 0.5) is 10.1 Å². The summed E-state index contributed by atoms with van der Waals surface area (Å²) in [4.78, 5) is 15.8. The number of anilines is 1. The summed E-state index contributed by atoms with van der Waals surface area (Å²) in [5.41, 5.74) is 1.74. The molecule has 0 unspecified atom stereocenters. The molecule has 4 heteroatoms. The zero-order valence-electron chi connectivity index (χ0n) is 8.95. The maximum atomic E-state index is 13.1. The van der Waals surface area contributed by atoms with Crippen molar-refractivity contribution in [3.63, 3.8) is 0 Å². The van der Waals surface area contributed by atoms with E-state index >= 15 is 0 Å². The van der Waals surface area contributed by atoms with E-state index in [0.717, 1.165) is 37.2 Å². The largest absolute Gasteiger partial charge is 0.371 e. The van der Waals surface area contributed by atoms with Crippen LogP contribution in [0.25, 0.3) is 0 Å². The first kappa shape index (κ1) is 10.8. The van der Waals surface area contributed by atoms with Gasteiger partial charge < -0.3 is 4.90 Å². The molecule has 1 aliphatic heterocycles. The molecule has 0 spiro atoms. The minimum Gasteiger partial charge on any atom is -0.371 e. The van der Waals surface area contributed by atoms with Crippen LogP contribution in [-0.4, -0.2) is 19.2 Å². The van der Waals surface area contributed by atoms with Crippen LogP contribution >= 0.6 is 0 Å². The molecule has 0 radical (unpaired) electrons. The highest BCUT2D eigenvalue weighted by molar-refractivity contribution is 5.55. The normalized spacial score (nSPS) is 14.9. The fourth-order valence-corrected chi connectivity index (χ4v) is 2.06. The van der Waals surface area contributed by atoms with E-state index in [1.807, 2.05) is 0 Å². The summed E-state index contributed by atoms with van der Waals surface area (Å²) in [6, 6.07) is 4.65. The number of hydrogen-bond donors (Lipinski definition) is 0. The lowest BCUT2D eigenvalue weighted by molar-refractivity contribution is 0.562. The van der Waals surface area contributed by atoms with Gasteiger partial charge in [-0.25, -0.2) is 14.2 Å². The molecule has 0 saturated carbocycles. The Hall–Kier alpha value is -1.67. The maximum Gasteiger partial charge on any atom is 0.235 e. The van der Waals surface area contributed by atoms with E-state index in [1.165, 1.54) is 18.2 Å². The van der Waals surface area contributed by atoms with Crippen molar-refractivity contribution in [3.05, 3.63) is 29.6 Å². The molecule has 2 rings (SSSR count). The van der Waals surface area contributed by atoms with Crippen molar-refractivity contribution >= 4 is 11.8 Å². The van der Waals surface area contributed by atoms with Crippen molar-refractivity contribution in [2.45, 2.75) is 19.4 Å². The Morgan fingerprint density at radius 1 is 1.38 bits per heavy atom. The summed E-state index contributed by atoms with van der Waals surface area (Å²) < 4.78 is 13.1. The van der Waals surface area contributed by atoms with Gasteiger partial charge >= 0.3 is 0 Å². The first-order chi connectivity index (χ1) is 7.81. The third-order valence-corrected chi connectivity index (χ3v) is 2.80. The molecule has 1 saturated heterocycles. The Labute approximate surface area is 93.6 Å². The highest BCUT2D eigenvalue weighted by Crippen LogP contribution is 2.25. The van der Waals surface area contributed by atoms with Crippen LogP contribution in [0, 0.1) is 5.82 Å². The predicted molar refractivity (Wildman–Crippen MR) is 59.7 cm³/mol. The van der Waals surface area contributed by atoms with E-state index < -0.39 is 0 Å². The summed E-state index contributed by atoms with van der Waals surface area (Å²) in [7, 11) is 0. The van der Waals surface area contributed by atoms with E-state index in [1.54, 1.807) is 6.07 Å². The Kier molecular flexibility index (Phi) is 3.32. The van der Waals surface area contributed by atoms with E-state index in [9.17, 15) is 9.18 Å². The number of aliphatic imine (C=N–C) groups is 1. The van der Waals surface area contributed by atoms with Crippen LogP contribution in [0.2, 0.25) is 0 Å². The van der Waals surface area contributed by atoms with Gasteiger partial charge in [0.2, 0.25) is 6.08 Å². The molecule has 0 amide bonds. The van der Waals surface area contributed by atoms with Crippen molar-refractivity contribution < 1.29 is 9.18 Å². The first-order valence-electron chi connectivity index (χ1n) is 5.38. The summed E-state index contributed by atoms with van der Waals surface area (Å²) in [5, 5.41) is 0. The van der Waals surface area contributed by atoms with Crippen LogP contribution in [0.1, 0.15) is 18.4 Å². The van der Waals surface area contributed by atoms with E-state index in [2.05, 4.69) is 9.89 Å². The van der Waals surface area contributed by atoms with Crippen molar-refractivity contribution in [1.29, 1.82) is 0 Å². The third-order valence-electron chi connectivity index (χ3n) is 2.80. The van der Waals surface area contributed by atoms with Crippen molar-refractivity contribution in [2.75, 3.05) is 18.0 Å². The quantitative estimate of drug-likeness (QED) is 0.578. The van der Waals surface area contributed by atoms with Crippen molar-refractivity contribution in [2.24, 2.45) is 4.99 Å². The average molecular weight is 220 g/mol. The van der Waals surface area contributed by atoms with Crippen LogP contribution in [-0.2, 0) is 11.3 Å². The maximum absolute atomic E-state index is 13.1. The molecule has 84 valence electrons. The number of nitrogens with zero attached hydrogens (tertiary/aromatic N) is 2. The fraction of sp³-hybridized carbons (Fsp3) is 0.417.